The van der Waals surface area contributed by atoms with Crippen molar-refractivity contribution in [1.82, 2.24) is 5.32 Å². The van der Waals surface area contributed by atoms with Crippen molar-refractivity contribution in [3.8, 4) is 0 Å². The normalized spacial score (nSPS) is 9.44. The Morgan fingerprint density at radius 1 is 1.22 bits per heavy atom. The molecule has 0 aliphatic heterocycles. The van der Waals surface area contributed by atoms with Gasteiger partial charge in [0.05, 0.1) is 0 Å². The molecule has 0 aliphatic rings. The van der Waals surface area contributed by atoms with Crippen LogP contribution in [0.1, 0.15) is 38.7 Å². The van der Waals surface area contributed by atoms with Crippen LogP contribution in [0.15, 0.2) is 30.3 Å². The molecule has 3 N–H and O–H groups in total. The van der Waals surface area contributed by atoms with Crippen molar-refractivity contribution in [3.63, 3.8) is 0 Å². The van der Waals surface area contributed by atoms with Gasteiger partial charge in [-0.3, -0.25) is 17.6 Å². The molecule has 0 aliphatic carbocycles. The summed E-state index contributed by atoms with van der Waals surface area (Å²) in [6.45, 7) is 7.44. The monoisotopic (exact) mass is 340 g/mol. The predicted octanol–water partition coefficient (Wildman–Crippen LogP) is 3.48. The van der Waals surface area contributed by atoms with Gasteiger partial charge in [0.1, 0.15) is 0 Å². The summed E-state index contributed by atoms with van der Waals surface area (Å²) in [5.74, 6) is 0.709. The number of benzene rings is 1. The summed E-state index contributed by atoms with van der Waals surface area (Å²) >= 11 is 0.700. The topological polar surface area (TPSA) is 69.6 Å². The maximum absolute atomic E-state index is 8.26. The van der Waals surface area contributed by atoms with E-state index < -0.39 is 0 Å². The second-order valence-corrected chi connectivity index (χ2v) is 3.32. The minimum absolute atomic E-state index is 0.700. The second kappa shape index (κ2) is 21.8. The first-order valence-electron chi connectivity index (χ1n) is 5.67. The van der Waals surface area contributed by atoms with Gasteiger partial charge in [-0.15, -0.1) is 0 Å². The van der Waals surface area contributed by atoms with Gasteiger partial charge in [0.25, 0.3) is 0 Å². The van der Waals surface area contributed by atoms with Crippen LogP contribution in [0.3, 0.4) is 0 Å². The number of rotatable bonds is 3. The van der Waals surface area contributed by atoms with Gasteiger partial charge in [-0.05, 0) is 24.4 Å². The Hall–Kier alpha value is -0.412. The van der Waals surface area contributed by atoms with Gasteiger partial charge in [0, 0.05) is 0 Å². The first-order valence-corrected chi connectivity index (χ1v) is 6.49. The molecule has 0 bridgehead atoms. The van der Waals surface area contributed by atoms with Crippen molar-refractivity contribution in [3.05, 3.63) is 42.9 Å². The quantitative estimate of drug-likeness (QED) is 0.342. The van der Waals surface area contributed by atoms with E-state index in [1.54, 1.807) is 0 Å². The molecule has 1 aromatic carbocycles. The fraction of sp³-hybridized carbons (Fsp3) is 0.462. The molecule has 4 nitrogen and oxygen atoms in total. The summed E-state index contributed by atoms with van der Waals surface area (Å²) in [4.78, 5) is 0. The van der Waals surface area contributed by atoms with E-state index in [2.05, 4.69) is 56.5 Å². The molecule has 0 radical (unpaired) electrons. The van der Waals surface area contributed by atoms with Gasteiger partial charge in [0.15, 0.2) is 0 Å². The molecule has 0 saturated carbocycles. The molecular weight excluding hydrogens is 314 g/mol. The minimum atomic E-state index is 0.700. The van der Waals surface area contributed by atoms with E-state index in [4.69, 9.17) is 13.9 Å². The molecule has 5 heteroatoms. The molecule has 1 rings (SSSR count). The summed E-state index contributed by atoms with van der Waals surface area (Å²) in [6.07, 6.45) is 1.23. The van der Waals surface area contributed by atoms with Crippen LogP contribution < -0.4 is 5.32 Å². The molecule has 0 spiro atoms. The van der Waals surface area contributed by atoms with Gasteiger partial charge in [-0.2, -0.15) is 0 Å². The zero-order valence-corrected chi connectivity index (χ0v) is 13.3. The Morgan fingerprint density at radius 2 is 1.61 bits per heavy atom. The number of nitrogens with one attached hydrogen (secondary N) is 1. The van der Waals surface area contributed by atoms with Crippen LogP contribution in [0.2, 0.25) is 0 Å². The Kier molecular flexibility index (Phi) is 27.6. The average Bonchev–Trinajstić information content (AvgIpc) is 2.51. The summed E-state index contributed by atoms with van der Waals surface area (Å²) in [7, 11) is 3.35. The molecule has 0 saturated heterocycles. The molecule has 0 fully saturated rings. The third kappa shape index (κ3) is 15.6. The zero-order valence-electron chi connectivity index (χ0n) is 11.3. The van der Waals surface area contributed by atoms with Gasteiger partial charge in [0.2, 0.25) is 0 Å². The van der Waals surface area contributed by atoms with Crippen LogP contribution in [0.5, 0.6) is 0 Å². The van der Waals surface area contributed by atoms with E-state index in [0.29, 0.717) is 25.7 Å². The molecule has 106 valence electrons. The Bertz CT molecular complexity index is 233. The van der Waals surface area contributed by atoms with Gasteiger partial charge in [-0.25, -0.2) is 0 Å². The van der Waals surface area contributed by atoms with Crippen LogP contribution in [0, 0.1) is 7.05 Å². The molecule has 0 aromatic heterocycles. The van der Waals surface area contributed by atoms with E-state index >= 15 is 0 Å². The second-order valence-electron chi connectivity index (χ2n) is 3.32. The first-order chi connectivity index (χ1) is 8.76. The van der Waals surface area contributed by atoms with Gasteiger partial charge < -0.3 is 5.32 Å². The van der Waals surface area contributed by atoms with E-state index in [0.717, 1.165) is 6.54 Å². The number of hydrogen-bond acceptors (Lipinski definition) is 4. The number of hydrogen-bond donors (Lipinski definition) is 3. The van der Waals surface area contributed by atoms with Crippen LogP contribution in [0.25, 0.3) is 0 Å². The van der Waals surface area contributed by atoms with Crippen molar-refractivity contribution in [2.45, 2.75) is 33.1 Å². The van der Waals surface area contributed by atoms with E-state index in [1.165, 1.54) is 12.0 Å². The molecule has 1 atom stereocenters. The zero-order chi connectivity index (χ0) is 14.8. The van der Waals surface area contributed by atoms with Gasteiger partial charge >= 0.3 is 23.2 Å². The van der Waals surface area contributed by atoms with Crippen molar-refractivity contribution in [1.29, 1.82) is 0 Å². The molecule has 0 heterocycles. The first kappa shape index (κ1) is 22.7. The fourth-order valence-electron chi connectivity index (χ4n) is 1.02. The summed E-state index contributed by atoms with van der Waals surface area (Å²) < 4.78 is 8.26. The Morgan fingerprint density at radius 3 is 1.89 bits per heavy atom. The average molecular weight is 338 g/mol. The molecule has 0 amide bonds. The molecule has 18 heavy (non-hydrogen) atoms. The third-order valence-electron chi connectivity index (χ3n) is 2.23. The Labute approximate surface area is 122 Å². The van der Waals surface area contributed by atoms with Crippen LogP contribution >= 0.6 is 0 Å². The van der Waals surface area contributed by atoms with Crippen LogP contribution in [0.4, 0.5) is 0 Å². The van der Waals surface area contributed by atoms with E-state index in [9.17, 15) is 0 Å². The van der Waals surface area contributed by atoms with Crippen molar-refractivity contribution < 1.29 is 33.7 Å². The van der Waals surface area contributed by atoms with Crippen molar-refractivity contribution in [2.75, 3.05) is 6.54 Å². The molecular formula is C13H24MoNO3-. The summed E-state index contributed by atoms with van der Waals surface area (Å²) in [5, 5.41) is 14.7. The summed E-state index contributed by atoms with van der Waals surface area (Å²) in [5.41, 5.74) is 1.45. The van der Waals surface area contributed by atoms with Crippen LogP contribution in [-0.4, -0.2) is 17.1 Å². The van der Waals surface area contributed by atoms with E-state index in [1.807, 2.05) is 6.92 Å². The SMILES string of the molecule is CCC(C)c1ccccc1.OO.[CH2-]NCC.[O]=[Mo]. The van der Waals surface area contributed by atoms with Crippen molar-refractivity contribution in [2.24, 2.45) is 0 Å². The predicted molar refractivity (Wildman–Crippen MR) is 70.1 cm³/mol. The van der Waals surface area contributed by atoms with Gasteiger partial charge in [-0.1, -0.05) is 51.1 Å². The molecule has 1 unspecified atom stereocenters. The maximum atomic E-state index is 8.26. The fourth-order valence-corrected chi connectivity index (χ4v) is 1.02. The third-order valence-corrected chi connectivity index (χ3v) is 2.23. The standard InChI is InChI=1S/C10H14.C3H8N.Mo.H2O2.O/c1-3-9(2)10-7-5-4-6-8-10;1-3-4-2;;1-2;/h4-9H,3H2,1-2H3;4H,2-3H2,1H3;;1-2H;/q;-1;;;. The Balaban J connectivity index is -0.000000238. The molecule has 1 aromatic rings. The van der Waals surface area contributed by atoms with Crippen molar-refractivity contribution >= 4 is 0 Å². The van der Waals surface area contributed by atoms with Crippen LogP contribution in [-0.2, 0) is 23.2 Å². The van der Waals surface area contributed by atoms with E-state index in [-0.39, 0.29) is 0 Å². The summed E-state index contributed by atoms with van der Waals surface area (Å²) in [6, 6.07) is 10.6.